The van der Waals surface area contributed by atoms with E-state index in [9.17, 15) is 4.79 Å². The highest BCUT2D eigenvalue weighted by atomic mass is 16.3. The molecule has 1 fully saturated rings. The minimum absolute atomic E-state index is 0.0485. The number of aromatic nitrogens is 1. The van der Waals surface area contributed by atoms with Gasteiger partial charge in [-0.15, -0.1) is 0 Å². The quantitative estimate of drug-likeness (QED) is 0.919. The topological polar surface area (TPSA) is 58.4 Å². The summed E-state index contributed by atoms with van der Waals surface area (Å²) >= 11 is 0. The van der Waals surface area contributed by atoms with Gasteiger partial charge in [0.2, 0.25) is 5.91 Å². The second-order valence-corrected chi connectivity index (χ2v) is 5.69. The van der Waals surface area contributed by atoms with Gasteiger partial charge in [-0.2, -0.15) is 0 Å². The molecule has 1 N–H and O–H groups in total. The largest absolute Gasteiger partial charge is 0.468 e. The molecular formula is C17H21N3O2. The lowest BCUT2D eigenvalue weighted by molar-refractivity contribution is -0.127. The Morgan fingerprint density at radius 1 is 1.36 bits per heavy atom. The molecule has 1 aliphatic heterocycles. The van der Waals surface area contributed by atoms with E-state index in [1.54, 1.807) is 12.5 Å². The van der Waals surface area contributed by atoms with Crippen molar-refractivity contribution in [3.63, 3.8) is 0 Å². The van der Waals surface area contributed by atoms with Crippen molar-refractivity contribution < 1.29 is 9.21 Å². The van der Waals surface area contributed by atoms with Gasteiger partial charge in [0.05, 0.1) is 31.0 Å². The van der Waals surface area contributed by atoms with Gasteiger partial charge in [-0.25, -0.2) is 0 Å². The summed E-state index contributed by atoms with van der Waals surface area (Å²) in [5.41, 5.74) is 0.888. The van der Waals surface area contributed by atoms with Crippen LogP contribution in [0.4, 0.5) is 0 Å². The summed E-state index contributed by atoms with van der Waals surface area (Å²) in [7, 11) is 0. The van der Waals surface area contributed by atoms with Crippen LogP contribution in [0.25, 0.3) is 0 Å². The first-order chi connectivity index (χ1) is 10.8. The maximum Gasteiger partial charge on any atom is 0.224 e. The average molecular weight is 299 g/mol. The molecule has 0 saturated carbocycles. The summed E-state index contributed by atoms with van der Waals surface area (Å²) in [6.45, 7) is 3.07. The molecule has 3 heterocycles. The van der Waals surface area contributed by atoms with Crippen LogP contribution in [0.15, 0.2) is 47.2 Å². The molecule has 1 saturated heterocycles. The first kappa shape index (κ1) is 14.8. The Kier molecular flexibility index (Phi) is 4.85. The minimum Gasteiger partial charge on any atom is -0.468 e. The van der Waals surface area contributed by atoms with Crippen molar-refractivity contribution in [3.8, 4) is 0 Å². The smallest absolute Gasteiger partial charge is 0.224 e. The number of likely N-dealkylation sites (tertiary alicyclic amines) is 1. The predicted molar refractivity (Wildman–Crippen MR) is 82.8 cm³/mol. The van der Waals surface area contributed by atoms with Crippen molar-refractivity contribution in [2.24, 2.45) is 5.92 Å². The molecule has 0 aliphatic carbocycles. The molecule has 0 unspecified atom stereocenters. The molecule has 3 rings (SSSR count). The lowest BCUT2D eigenvalue weighted by Gasteiger charge is -2.31. The fraction of sp³-hybridized carbons (Fsp3) is 0.412. The van der Waals surface area contributed by atoms with E-state index in [-0.39, 0.29) is 11.8 Å². The third kappa shape index (κ3) is 3.95. The maximum absolute atomic E-state index is 12.3. The summed E-state index contributed by atoms with van der Waals surface area (Å²) in [5.74, 6) is 1.12. The molecule has 0 radical (unpaired) electrons. The Bertz CT molecular complexity index is 583. The fourth-order valence-corrected chi connectivity index (χ4v) is 2.86. The number of piperidine rings is 1. The maximum atomic E-state index is 12.3. The van der Waals surface area contributed by atoms with Crippen LogP contribution < -0.4 is 5.32 Å². The van der Waals surface area contributed by atoms with Gasteiger partial charge in [0, 0.05) is 12.7 Å². The number of hydrogen-bond acceptors (Lipinski definition) is 4. The highest BCUT2D eigenvalue weighted by molar-refractivity contribution is 5.78. The Balaban J connectivity index is 1.49. The molecule has 22 heavy (non-hydrogen) atoms. The van der Waals surface area contributed by atoms with Crippen molar-refractivity contribution in [1.82, 2.24) is 15.2 Å². The van der Waals surface area contributed by atoms with E-state index < -0.39 is 0 Å². The van der Waals surface area contributed by atoms with Crippen molar-refractivity contribution in [1.29, 1.82) is 0 Å². The number of carbonyl (C=O) groups excluding carboxylic acids is 1. The lowest BCUT2D eigenvalue weighted by Crippen LogP contribution is -2.42. The van der Waals surface area contributed by atoms with E-state index in [1.807, 2.05) is 30.3 Å². The second-order valence-electron chi connectivity index (χ2n) is 5.69. The van der Waals surface area contributed by atoms with Gasteiger partial charge in [-0.3, -0.25) is 14.7 Å². The zero-order valence-corrected chi connectivity index (χ0v) is 12.6. The van der Waals surface area contributed by atoms with Crippen molar-refractivity contribution in [2.75, 3.05) is 13.1 Å². The van der Waals surface area contributed by atoms with Gasteiger partial charge in [-0.05, 0) is 43.7 Å². The summed E-state index contributed by atoms with van der Waals surface area (Å²) in [5, 5.41) is 3.00. The lowest BCUT2D eigenvalue weighted by atomic mass is 9.97. The van der Waals surface area contributed by atoms with Gasteiger partial charge in [0.15, 0.2) is 0 Å². The number of pyridine rings is 1. The van der Waals surface area contributed by atoms with Gasteiger partial charge in [-0.1, -0.05) is 6.07 Å². The van der Waals surface area contributed by atoms with Crippen LogP contribution in [-0.4, -0.2) is 28.9 Å². The van der Waals surface area contributed by atoms with Crippen LogP contribution in [0.1, 0.15) is 24.3 Å². The van der Waals surface area contributed by atoms with Crippen LogP contribution in [0.5, 0.6) is 0 Å². The molecule has 0 spiro atoms. The predicted octanol–water partition coefficient (Wildman–Crippen LogP) is 2.20. The summed E-state index contributed by atoms with van der Waals surface area (Å²) in [6, 6.07) is 9.60. The van der Waals surface area contributed by atoms with Gasteiger partial charge < -0.3 is 9.73 Å². The summed E-state index contributed by atoms with van der Waals surface area (Å²) in [4.78, 5) is 18.8. The van der Waals surface area contributed by atoms with Gasteiger partial charge >= 0.3 is 0 Å². The summed E-state index contributed by atoms with van der Waals surface area (Å²) < 4.78 is 5.39. The standard InChI is InChI=1S/C17H21N3O2/c21-17(19-11-15-6-1-2-8-18-15)14-5-3-9-20(12-14)13-16-7-4-10-22-16/h1-2,4,6-8,10,14H,3,5,9,11-13H2,(H,19,21)/t14-/m0/s1. The Morgan fingerprint density at radius 3 is 3.09 bits per heavy atom. The van der Waals surface area contributed by atoms with Crippen LogP contribution in [-0.2, 0) is 17.9 Å². The van der Waals surface area contributed by atoms with E-state index in [0.29, 0.717) is 6.54 Å². The molecule has 5 nitrogen and oxygen atoms in total. The molecule has 2 aromatic heterocycles. The molecule has 0 aromatic carbocycles. The zero-order valence-electron chi connectivity index (χ0n) is 12.6. The molecule has 0 bridgehead atoms. The second kappa shape index (κ2) is 7.22. The van der Waals surface area contributed by atoms with Crippen molar-refractivity contribution >= 4 is 5.91 Å². The molecule has 1 atom stereocenters. The van der Waals surface area contributed by atoms with E-state index in [2.05, 4.69) is 15.2 Å². The number of furan rings is 1. The van der Waals surface area contributed by atoms with Gasteiger partial charge in [0.25, 0.3) is 0 Å². The van der Waals surface area contributed by atoms with Crippen molar-refractivity contribution in [3.05, 3.63) is 54.2 Å². The SMILES string of the molecule is O=C(NCc1ccccn1)[C@H]1CCCN(Cc2ccco2)C1. The average Bonchev–Trinajstić information content (AvgIpc) is 3.07. The third-order valence-electron chi connectivity index (χ3n) is 4.01. The van der Waals surface area contributed by atoms with Crippen molar-refractivity contribution in [2.45, 2.75) is 25.9 Å². The first-order valence-electron chi connectivity index (χ1n) is 7.73. The van der Waals surface area contributed by atoms with E-state index in [4.69, 9.17) is 4.42 Å². The summed E-state index contributed by atoms with van der Waals surface area (Å²) in [6.07, 6.45) is 5.43. The Morgan fingerprint density at radius 2 is 2.32 bits per heavy atom. The van der Waals surface area contributed by atoms with Crippen LogP contribution in [0, 0.1) is 5.92 Å². The van der Waals surface area contributed by atoms with E-state index in [0.717, 1.165) is 43.9 Å². The number of nitrogens with zero attached hydrogens (tertiary/aromatic N) is 2. The third-order valence-corrected chi connectivity index (χ3v) is 4.01. The normalized spacial score (nSPS) is 19.0. The number of hydrogen-bond donors (Lipinski definition) is 1. The Hall–Kier alpha value is -2.14. The molecule has 5 heteroatoms. The van der Waals surface area contributed by atoms with E-state index >= 15 is 0 Å². The molecular weight excluding hydrogens is 278 g/mol. The monoisotopic (exact) mass is 299 g/mol. The van der Waals surface area contributed by atoms with Crippen LogP contribution in [0.2, 0.25) is 0 Å². The number of nitrogens with one attached hydrogen (secondary N) is 1. The first-order valence-corrected chi connectivity index (χ1v) is 7.73. The fourth-order valence-electron chi connectivity index (χ4n) is 2.86. The Labute approximate surface area is 130 Å². The highest BCUT2D eigenvalue weighted by Crippen LogP contribution is 2.19. The number of carbonyl (C=O) groups is 1. The highest BCUT2D eigenvalue weighted by Gasteiger charge is 2.26. The molecule has 1 aliphatic rings. The van der Waals surface area contributed by atoms with Crippen LogP contribution >= 0.6 is 0 Å². The van der Waals surface area contributed by atoms with Crippen LogP contribution in [0.3, 0.4) is 0 Å². The minimum atomic E-state index is 0.0485. The number of amides is 1. The zero-order chi connectivity index (χ0) is 15.2. The molecule has 1 amide bonds. The van der Waals surface area contributed by atoms with Gasteiger partial charge in [0.1, 0.15) is 5.76 Å². The molecule has 116 valence electrons. The number of rotatable bonds is 5. The molecule has 2 aromatic rings. The van der Waals surface area contributed by atoms with E-state index in [1.165, 1.54) is 0 Å².